The van der Waals surface area contributed by atoms with Gasteiger partial charge >= 0.3 is 6.09 Å². The predicted octanol–water partition coefficient (Wildman–Crippen LogP) is 2.26. The molecular formula is C15H23FN2O4S. The Labute approximate surface area is 136 Å². The second-order valence-electron chi connectivity index (χ2n) is 5.47. The van der Waals surface area contributed by atoms with Crippen LogP contribution in [-0.2, 0) is 14.8 Å². The van der Waals surface area contributed by atoms with Crippen molar-refractivity contribution < 1.29 is 22.3 Å². The molecule has 0 aliphatic carbocycles. The van der Waals surface area contributed by atoms with Gasteiger partial charge in [0.15, 0.2) is 0 Å². The van der Waals surface area contributed by atoms with Crippen molar-refractivity contribution in [2.45, 2.75) is 38.1 Å². The third kappa shape index (κ3) is 6.54. The Morgan fingerprint density at radius 2 is 1.96 bits per heavy atom. The average Bonchev–Trinajstić information content (AvgIpc) is 2.45. The minimum atomic E-state index is -3.99. The van der Waals surface area contributed by atoms with E-state index < -0.39 is 32.9 Å². The van der Waals surface area contributed by atoms with Crippen LogP contribution >= 0.6 is 0 Å². The van der Waals surface area contributed by atoms with Gasteiger partial charge in [-0.2, -0.15) is 0 Å². The molecule has 0 bridgehead atoms. The molecule has 0 saturated carbocycles. The smallest absolute Gasteiger partial charge is 0.407 e. The summed E-state index contributed by atoms with van der Waals surface area (Å²) >= 11 is 0. The van der Waals surface area contributed by atoms with E-state index in [9.17, 15) is 17.6 Å². The van der Waals surface area contributed by atoms with Gasteiger partial charge in [-0.25, -0.2) is 22.3 Å². The second kappa shape index (κ2) is 8.83. The fraction of sp³-hybridized carbons (Fsp3) is 0.533. The van der Waals surface area contributed by atoms with Gasteiger partial charge in [-0.15, -0.1) is 0 Å². The number of sulfonamides is 1. The van der Waals surface area contributed by atoms with Gasteiger partial charge in [-0.3, -0.25) is 0 Å². The maximum atomic E-state index is 13.6. The monoisotopic (exact) mass is 346 g/mol. The Balaban J connectivity index is 2.76. The molecule has 0 aromatic heterocycles. The van der Waals surface area contributed by atoms with E-state index in [-0.39, 0.29) is 19.1 Å². The van der Waals surface area contributed by atoms with Crippen molar-refractivity contribution in [2.24, 2.45) is 5.92 Å². The summed E-state index contributed by atoms with van der Waals surface area (Å²) in [4.78, 5) is 11.1. The number of hydrogen-bond donors (Lipinski definition) is 2. The summed E-state index contributed by atoms with van der Waals surface area (Å²) in [6.45, 7) is 5.75. The van der Waals surface area contributed by atoms with Crippen molar-refractivity contribution in [2.75, 3.05) is 13.2 Å². The summed E-state index contributed by atoms with van der Waals surface area (Å²) in [5, 5.41) is 2.61. The van der Waals surface area contributed by atoms with Gasteiger partial charge in [0, 0.05) is 12.6 Å². The van der Waals surface area contributed by atoms with E-state index in [1.165, 1.54) is 18.2 Å². The molecule has 1 atom stereocenters. The zero-order chi connectivity index (χ0) is 17.5. The Bertz CT molecular complexity index is 620. The number of carbonyl (C=O) groups is 1. The summed E-state index contributed by atoms with van der Waals surface area (Å²) < 4.78 is 45.1. The Morgan fingerprint density at radius 3 is 2.52 bits per heavy atom. The first kappa shape index (κ1) is 19.4. The number of alkyl carbamates (subject to hydrolysis) is 1. The fourth-order valence-electron chi connectivity index (χ4n) is 2.05. The Kier molecular flexibility index (Phi) is 7.44. The largest absolute Gasteiger partial charge is 0.450 e. The highest BCUT2D eigenvalue weighted by Crippen LogP contribution is 2.13. The van der Waals surface area contributed by atoms with Crippen LogP contribution in [-0.4, -0.2) is 33.7 Å². The van der Waals surface area contributed by atoms with Gasteiger partial charge in [-0.05, 0) is 31.4 Å². The summed E-state index contributed by atoms with van der Waals surface area (Å²) in [6, 6.07) is 4.68. The van der Waals surface area contributed by atoms with Crippen LogP contribution in [0.5, 0.6) is 0 Å². The molecular weight excluding hydrogens is 323 g/mol. The van der Waals surface area contributed by atoms with Crippen molar-refractivity contribution in [3.8, 4) is 0 Å². The number of amides is 1. The summed E-state index contributed by atoms with van der Waals surface area (Å²) in [5.74, 6) is -0.585. The van der Waals surface area contributed by atoms with Gasteiger partial charge < -0.3 is 10.1 Å². The number of halogens is 1. The molecule has 0 fully saturated rings. The standard InChI is InChI=1S/C15H23FN2O4S/c1-4-22-15(19)18-12(9-11(2)3)10-17-23(20,21)14-8-6-5-7-13(14)16/h5-8,11-12,17H,4,9-10H2,1-3H3,(H,18,19). The SMILES string of the molecule is CCOC(=O)NC(CNS(=O)(=O)c1ccccc1F)CC(C)C. The predicted molar refractivity (Wildman–Crippen MR) is 85.0 cm³/mol. The van der Waals surface area contributed by atoms with Gasteiger partial charge in [0.2, 0.25) is 10.0 Å². The number of ether oxygens (including phenoxy) is 1. The van der Waals surface area contributed by atoms with Gasteiger partial charge in [-0.1, -0.05) is 26.0 Å². The van der Waals surface area contributed by atoms with Crippen molar-refractivity contribution in [1.29, 1.82) is 0 Å². The molecule has 0 radical (unpaired) electrons. The average molecular weight is 346 g/mol. The molecule has 1 unspecified atom stereocenters. The minimum absolute atomic E-state index is 0.0480. The minimum Gasteiger partial charge on any atom is -0.450 e. The van der Waals surface area contributed by atoms with Gasteiger partial charge in [0.1, 0.15) is 10.7 Å². The molecule has 0 spiro atoms. The molecule has 0 aliphatic heterocycles. The highest BCUT2D eigenvalue weighted by Gasteiger charge is 2.21. The molecule has 0 aliphatic rings. The topological polar surface area (TPSA) is 84.5 Å². The first-order valence-corrected chi connectivity index (χ1v) is 8.92. The Morgan fingerprint density at radius 1 is 1.30 bits per heavy atom. The molecule has 2 N–H and O–H groups in total. The molecule has 1 aromatic carbocycles. The summed E-state index contributed by atoms with van der Waals surface area (Å²) in [6.07, 6.45) is -0.0539. The molecule has 6 nitrogen and oxygen atoms in total. The lowest BCUT2D eigenvalue weighted by molar-refractivity contribution is 0.146. The maximum absolute atomic E-state index is 13.6. The van der Waals surface area contributed by atoms with E-state index in [0.29, 0.717) is 6.42 Å². The summed E-state index contributed by atoms with van der Waals surface area (Å²) in [7, 11) is -3.99. The molecule has 1 aromatic rings. The zero-order valence-electron chi connectivity index (χ0n) is 13.5. The van der Waals surface area contributed by atoms with E-state index in [1.54, 1.807) is 6.92 Å². The normalized spacial score (nSPS) is 12.9. The lowest BCUT2D eigenvalue weighted by Gasteiger charge is -2.20. The van der Waals surface area contributed by atoms with Crippen LogP contribution in [0.25, 0.3) is 0 Å². The first-order chi connectivity index (χ1) is 10.8. The third-order valence-corrected chi connectivity index (χ3v) is 4.46. The molecule has 1 amide bonds. The Hall–Kier alpha value is -1.67. The molecule has 8 heteroatoms. The number of nitrogens with one attached hydrogen (secondary N) is 2. The van der Waals surface area contributed by atoms with Crippen LogP contribution < -0.4 is 10.0 Å². The first-order valence-electron chi connectivity index (χ1n) is 7.43. The van der Waals surface area contributed by atoms with E-state index in [1.807, 2.05) is 13.8 Å². The number of rotatable bonds is 8. The second-order valence-corrected chi connectivity index (χ2v) is 7.21. The van der Waals surface area contributed by atoms with Crippen molar-refractivity contribution in [3.05, 3.63) is 30.1 Å². The van der Waals surface area contributed by atoms with Gasteiger partial charge in [0.05, 0.1) is 6.61 Å². The van der Waals surface area contributed by atoms with Crippen molar-refractivity contribution in [3.63, 3.8) is 0 Å². The summed E-state index contributed by atoms with van der Waals surface area (Å²) in [5.41, 5.74) is 0. The van der Waals surface area contributed by atoms with Crippen LogP contribution in [0.15, 0.2) is 29.2 Å². The highest BCUT2D eigenvalue weighted by molar-refractivity contribution is 7.89. The maximum Gasteiger partial charge on any atom is 0.407 e. The van der Waals surface area contributed by atoms with Crippen molar-refractivity contribution in [1.82, 2.24) is 10.0 Å². The number of benzene rings is 1. The highest BCUT2D eigenvalue weighted by atomic mass is 32.2. The van der Waals surface area contributed by atoms with Crippen LogP contribution in [0.4, 0.5) is 9.18 Å². The third-order valence-electron chi connectivity index (χ3n) is 3.00. The van der Waals surface area contributed by atoms with E-state index in [0.717, 1.165) is 6.07 Å². The molecule has 23 heavy (non-hydrogen) atoms. The molecule has 130 valence electrons. The van der Waals surface area contributed by atoms with Crippen LogP contribution in [0.2, 0.25) is 0 Å². The van der Waals surface area contributed by atoms with Crippen LogP contribution in [0.3, 0.4) is 0 Å². The number of hydrogen-bond acceptors (Lipinski definition) is 4. The molecule has 0 saturated heterocycles. The van der Waals surface area contributed by atoms with E-state index in [4.69, 9.17) is 4.74 Å². The lowest BCUT2D eigenvalue weighted by Crippen LogP contribution is -2.44. The van der Waals surface area contributed by atoms with Crippen molar-refractivity contribution >= 4 is 16.1 Å². The van der Waals surface area contributed by atoms with Crippen LogP contribution in [0.1, 0.15) is 27.2 Å². The quantitative estimate of drug-likeness (QED) is 0.756. The van der Waals surface area contributed by atoms with Gasteiger partial charge in [0.25, 0.3) is 0 Å². The van der Waals surface area contributed by atoms with E-state index >= 15 is 0 Å². The molecule has 0 heterocycles. The zero-order valence-corrected chi connectivity index (χ0v) is 14.3. The van der Waals surface area contributed by atoms with Crippen LogP contribution in [0, 0.1) is 11.7 Å². The molecule has 1 rings (SSSR count). The van der Waals surface area contributed by atoms with E-state index in [2.05, 4.69) is 10.0 Å². The number of carbonyl (C=O) groups excluding carboxylic acids is 1. The lowest BCUT2D eigenvalue weighted by atomic mass is 10.0. The fourth-order valence-corrected chi connectivity index (χ4v) is 3.21.